The van der Waals surface area contributed by atoms with E-state index in [9.17, 15) is 9.59 Å². The summed E-state index contributed by atoms with van der Waals surface area (Å²) in [6.45, 7) is 4.20. The number of ether oxygens (including phenoxy) is 2. The van der Waals surface area contributed by atoms with Crippen molar-refractivity contribution in [2.75, 3.05) is 24.4 Å². The van der Waals surface area contributed by atoms with Crippen molar-refractivity contribution >= 4 is 28.8 Å². The van der Waals surface area contributed by atoms with Crippen molar-refractivity contribution < 1.29 is 19.1 Å². The summed E-state index contributed by atoms with van der Waals surface area (Å²) in [6.07, 6.45) is 0. The Hall–Kier alpha value is -4.06. The zero-order valence-electron chi connectivity index (χ0n) is 19.1. The molecule has 6 heteroatoms. The van der Waals surface area contributed by atoms with Crippen molar-refractivity contribution in [3.63, 3.8) is 0 Å². The second-order valence-corrected chi connectivity index (χ2v) is 8.00. The van der Waals surface area contributed by atoms with Crippen LogP contribution in [0, 0.1) is 0 Å². The fourth-order valence-electron chi connectivity index (χ4n) is 3.80. The quantitative estimate of drug-likeness (QED) is 0.508. The summed E-state index contributed by atoms with van der Waals surface area (Å²) in [6, 6.07) is 21.9. The molecule has 1 aliphatic heterocycles. The van der Waals surface area contributed by atoms with E-state index in [0.29, 0.717) is 39.9 Å². The van der Waals surface area contributed by atoms with Crippen molar-refractivity contribution in [3.05, 3.63) is 89.6 Å². The molecule has 33 heavy (non-hydrogen) atoms. The highest BCUT2D eigenvalue weighted by molar-refractivity contribution is 6.46. The van der Waals surface area contributed by atoms with Gasteiger partial charge in [-0.25, -0.2) is 4.90 Å². The molecule has 1 heterocycles. The third-order valence-corrected chi connectivity index (χ3v) is 5.63. The average Bonchev–Trinajstić information content (AvgIpc) is 3.08. The second kappa shape index (κ2) is 9.20. The first-order valence-corrected chi connectivity index (χ1v) is 10.7. The SMILES string of the molecule is COc1ccc(NC2=C(c3ccccc3)C(=O)N(c3ccc(C(C)C)cc3)C2=O)c(OC)c1. The Morgan fingerprint density at radius 1 is 0.818 bits per heavy atom. The summed E-state index contributed by atoms with van der Waals surface area (Å²) in [4.78, 5) is 28.3. The maximum absolute atomic E-state index is 13.6. The van der Waals surface area contributed by atoms with Crippen LogP contribution in [-0.4, -0.2) is 26.0 Å². The van der Waals surface area contributed by atoms with Gasteiger partial charge in [-0.05, 0) is 41.3 Å². The van der Waals surface area contributed by atoms with Crippen LogP contribution in [0.15, 0.2) is 78.5 Å². The molecule has 1 aliphatic rings. The molecule has 0 saturated heterocycles. The Morgan fingerprint density at radius 3 is 2.12 bits per heavy atom. The van der Waals surface area contributed by atoms with Gasteiger partial charge in [-0.2, -0.15) is 0 Å². The molecule has 168 valence electrons. The van der Waals surface area contributed by atoms with Crippen molar-refractivity contribution in [1.29, 1.82) is 0 Å². The van der Waals surface area contributed by atoms with Crippen molar-refractivity contribution in [2.45, 2.75) is 19.8 Å². The van der Waals surface area contributed by atoms with Gasteiger partial charge in [0, 0.05) is 6.07 Å². The van der Waals surface area contributed by atoms with Gasteiger partial charge in [0.2, 0.25) is 0 Å². The molecule has 1 N–H and O–H groups in total. The molecule has 0 spiro atoms. The molecule has 3 aromatic carbocycles. The van der Waals surface area contributed by atoms with E-state index >= 15 is 0 Å². The van der Waals surface area contributed by atoms with Crippen molar-refractivity contribution in [1.82, 2.24) is 0 Å². The lowest BCUT2D eigenvalue weighted by Gasteiger charge is -2.17. The molecule has 0 fully saturated rings. The number of amides is 2. The van der Waals surface area contributed by atoms with Gasteiger partial charge in [0.1, 0.15) is 17.2 Å². The van der Waals surface area contributed by atoms with Gasteiger partial charge in [-0.1, -0.05) is 56.3 Å². The third-order valence-electron chi connectivity index (χ3n) is 5.63. The average molecular weight is 443 g/mol. The first kappa shape index (κ1) is 22.1. The highest BCUT2D eigenvalue weighted by Gasteiger charge is 2.40. The van der Waals surface area contributed by atoms with E-state index in [0.717, 1.165) is 5.56 Å². The van der Waals surface area contributed by atoms with Crippen LogP contribution in [0.1, 0.15) is 30.9 Å². The normalized spacial score (nSPS) is 13.7. The summed E-state index contributed by atoms with van der Waals surface area (Å²) in [5.74, 6) is 0.666. The van der Waals surface area contributed by atoms with Gasteiger partial charge in [-0.15, -0.1) is 0 Å². The molecule has 2 amide bonds. The summed E-state index contributed by atoms with van der Waals surface area (Å²) < 4.78 is 10.7. The van der Waals surface area contributed by atoms with Crippen LogP contribution in [0.25, 0.3) is 5.57 Å². The Kier molecular flexibility index (Phi) is 6.18. The maximum Gasteiger partial charge on any atom is 0.282 e. The minimum atomic E-state index is -0.422. The van der Waals surface area contributed by atoms with Gasteiger partial charge < -0.3 is 14.8 Å². The largest absolute Gasteiger partial charge is 0.497 e. The zero-order chi connectivity index (χ0) is 23.5. The second-order valence-electron chi connectivity index (χ2n) is 8.00. The predicted octanol–water partition coefficient (Wildman–Crippen LogP) is 5.22. The number of carbonyl (C=O) groups excluding carboxylic acids is 2. The van der Waals surface area contributed by atoms with Crippen LogP contribution in [0.4, 0.5) is 11.4 Å². The fraction of sp³-hybridized carbons (Fsp3) is 0.185. The molecule has 0 atom stereocenters. The summed E-state index contributed by atoms with van der Waals surface area (Å²) in [5.41, 5.74) is 3.39. The molecular formula is C27H26N2O4. The van der Waals surface area contributed by atoms with E-state index in [2.05, 4.69) is 19.2 Å². The Labute approximate surface area is 193 Å². The third kappa shape index (κ3) is 4.20. The number of rotatable bonds is 7. The lowest BCUT2D eigenvalue weighted by atomic mass is 10.0. The number of methoxy groups -OCH3 is 2. The van der Waals surface area contributed by atoms with E-state index in [-0.39, 0.29) is 11.6 Å². The lowest BCUT2D eigenvalue weighted by molar-refractivity contribution is -0.120. The molecule has 0 aromatic heterocycles. The van der Waals surface area contributed by atoms with Gasteiger partial charge in [0.05, 0.1) is 31.2 Å². The van der Waals surface area contributed by atoms with Crippen LogP contribution < -0.4 is 19.7 Å². The van der Waals surface area contributed by atoms with Crippen LogP contribution in [0.2, 0.25) is 0 Å². The number of carbonyl (C=O) groups is 2. The molecule has 0 saturated carbocycles. The highest BCUT2D eigenvalue weighted by atomic mass is 16.5. The highest BCUT2D eigenvalue weighted by Crippen LogP contribution is 2.37. The van der Waals surface area contributed by atoms with E-state index < -0.39 is 5.91 Å². The van der Waals surface area contributed by atoms with Crippen LogP contribution >= 0.6 is 0 Å². The number of hydrogen-bond donors (Lipinski definition) is 1. The standard InChI is InChI=1S/C27H26N2O4/c1-17(2)18-10-12-20(13-11-18)29-26(30)24(19-8-6-5-7-9-19)25(27(29)31)28-22-15-14-21(32-3)16-23(22)33-4/h5-17,28H,1-4H3. The lowest BCUT2D eigenvalue weighted by Crippen LogP contribution is -2.32. The number of hydrogen-bond acceptors (Lipinski definition) is 5. The molecule has 0 bridgehead atoms. The molecular weight excluding hydrogens is 416 g/mol. The predicted molar refractivity (Wildman–Crippen MR) is 130 cm³/mol. The van der Waals surface area contributed by atoms with Gasteiger partial charge in [0.15, 0.2) is 0 Å². The first-order valence-electron chi connectivity index (χ1n) is 10.7. The minimum Gasteiger partial charge on any atom is -0.497 e. The van der Waals surface area contributed by atoms with Crippen LogP contribution in [0.3, 0.4) is 0 Å². The first-order chi connectivity index (χ1) is 15.9. The van der Waals surface area contributed by atoms with E-state index in [1.165, 1.54) is 12.0 Å². The zero-order valence-corrected chi connectivity index (χ0v) is 19.1. The van der Waals surface area contributed by atoms with E-state index in [4.69, 9.17) is 9.47 Å². The molecule has 3 aromatic rings. The number of imide groups is 1. The molecule has 6 nitrogen and oxygen atoms in total. The van der Waals surface area contributed by atoms with Gasteiger partial charge in [0.25, 0.3) is 11.8 Å². The summed E-state index contributed by atoms with van der Waals surface area (Å²) in [7, 11) is 3.11. The monoisotopic (exact) mass is 442 g/mol. The number of benzene rings is 3. The van der Waals surface area contributed by atoms with Crippen molar-refractivity contribution in [3.8, 4) is 11.5 Å². The van der Waals surface area contributed by atoms with Crippen LogP contribution in [-0.2, 0) is 9.59 Å². The van der Waals surface area contributed by atoms with Crippen molar-refractivity contribution in [2.24, 2.45) is 0 Å². The molecule has 0 aliphatic carbocycles. The van der Waals surface area contributed by atoms with Crippen LogP contribution in [0.5, 0.6) is 11.5 Å². The maximum atomic E-state index is 13.6. The number of nitrogens with zero attached hydrogens (tertiary/aromatic N) is 1. The summed E-state index contributed by atoms with van der Waals surface area (Å²) in [5, 5.41) is 3.16. The van der Waals surface area contributed by atoms with E-state index in [1.807, 2.05) is 54.6 Å². The molecule has 4 rings (SSSR count). The smallest absolute Gasteiger partial charge is 0.282 e. The van der Waals surface area contributed by atoms with E-state index in [1.54, 1.807) is 25.3 Å². The van der Waals surface area contributed by atoms with Gasteiger partial charge in [-0.3, -0.25) is 9.59 Å². The number of anilines is 2. The Bertz CT molecular complexity index is 1210. The molecule has 0 radical (unpaired) electrons. The number of nitrogens with one attached hydrogen (secondary N) is 1. The molecule has 0 unspecified atom stereocenters. The fourth-order valence-corrected chi connectivity index (χ4v) is 3.80. The Balaban J connectivity index is 1.79. The minimum absolute atomic E-state index is 0.197. The summed E-state index contributed by atoms with van der Waals surface area (Å²) >= 11 is 0. The Morgan fingerprint density at radius 2 is 1.52 bits per heavy atom. The van der Waals surface area contributed by atoms with Gasteiger partial charge >= 0.3 is 0 Å². The topological polar surface area (TPSA) is 67.9 Å².